The first-order chi connectivity index (χ1) is 9.35. The number of carbonyl (C=O) groups is 1. The van der Waals surface area contributed by atoms with Crippen molar-refractivity contribution >= 4 is 42.9 Å². The molecule has 0 spiro atoms. The highest BCUT2D eigenvalue weighted by Gasteiger charge is 2.24. The van der Waals surface area contributed by atoms with Crippen molar-refractivity contribution in [3.05, 3.63) is 29.3 Å². The lowest BCUT2D eigenvalue weighted by atomic mass is 10.2. The van der Waals surface area contributed by atoms with Gasteiger partial charge in [-0.2, -0.15) is 0 Å². The number of piperazine rings is 1. The Hall–Kier alpha value is -0.980. The van der Waals surface area contributed by atoms with Crippen LogP contribution in [0.1, 0.15) is 0 Å². The second-order valence-corrected chi connectivity index (χ2v) is 7.74. The van der Waals surface area contributed by atoms with Crippen LogP contribution in [-0.2, 0) is 13.8 Å². The van der Waals surface area contributed by atoms with Crippen molar-refractivity contribution in [3.63, 3.8) is 0 Å². The van der Waals surface area contributed by atoms with E-state index in [1.807, 2.05) is 24.3 Å². The number of nitrogens with zero attached hydrogens (tertiary/aromatic N) is 2. The third-order valence-corrected chi connectivity index (χ3v) is 4.29. The molecule has 1 aliphatic heterocycles. The first-order valence-corrected chi connectivity index (χ1v) is 8.91. The van der Waals surface area contributed by atoms with Gasteiger partial charge < -0.3 is 9.80 Å². The molecule has 0 aromatic heterocycles. The molecule has 5 nitrogen and oxygen atoms in total. The Morgan fingerprint density at radius 2 is 1.65 bits per heavy atom. The average molecular weight is 337 g/mol. The normalized spacial score (nSPS) is 16.3. The number of amides is 1. The molecule has 1 amide bonds. The maximum absolute atomic E-state index is 11.7. The van der Waals surface area contributed by atoms with Gasteiger partial charge in [0.05, 0.1) is 0 Å². The summed E-state index contributed by atoms with van der Waals surface area (Å²) < 4.78 is 21.8. The molecule has 0 saturated carbocycles. The summed E-state index contributed by atoms with van der Waals surface area (Å²) in [5.74, 6) is -1.09. The highest BCUT2D eigenvalue weighted by molar-refractivity contribution is 8.14. The lowest BCUT2D eigenvalue weighted by molar-refractivity contribution is -0.128. The van der Waals surface area contributed by atoms with Crippen LogP contribution in [0.5, 0.6) is 0 Å². The zero-order chi connectivity index (χ0) is 14.8. The first kappa shape index (κ1) is 15.4. The molecular weight excluding hydrogens is 323 g/mol. The Balaban J connectivity index is 1.92. The molecule has 110 valence electrons. The van der Waals surface area contributed by atoms with Gasteiger partial charge in [0.1, 0.15) is 5.75 Å². The van der Waals surface area contributed by atoms with Gasteiger partial charge in [-0.15, -0.1) is 0 Å². The van der Waals surface area contributed by atoms with Gasteiger partial charge in [-0.1, -0.05) is 11.6 Å². The van der Waals surface area contributed by atoms with Crippen LogP contribution in [0.3, 0.4) is 0 Å². The van der Waals surface area contributed by atoms with E-state index < -0.39 is 20.7 Å². The zero-order valence-corrected chi connectivity index (χ0v) is 13.0. The molecule has 1 heterocycles. The molecule has 0 atom stereocenters. The predicted octanol–water partition coefficient (Wildman–Crippen LogP) is 1.56. The highest BCUT2D eigenvalue weighted by atomic mass is 35.7. The molecule has 20 heavy (non-hydrogen) atoms. The van der Waals surface area contributed by atoms with Crippen LogP contribution in [0.2, 0.25) is 5.02 Å². The summed E-state index contributed by atoms with van der Waals surface area (Å²) in [7, 11) is 1.30. The quantitative estimate of drug-likeness (QED) is 0.786. The molecule has 8 heteroatoms. The van der Waals surface area contributed by atoms with Crippen LogP contribution in [-0.4, -0.2) is 51.2 Å². The van der Waals surface area contributed by atoms with Crippen molar-refractivity contribution in [3.8, 4) is 0 Å². The summed E-state index contributed by atoms with van der Waals surface area (Å²) in [6, 6.07) is 7.47. The fourth-order valence-electron chi connectivity index (χ4n) is 2.10. The number of rotatable bonds is 3. The SMILES string of the molecule is O=C(CS(=O)(=O)Cl)N1CCN(c2ccc(Cl)cc2)CC1. The molecule has 2 rings (SSSR count). The van der Waals surface area contributed by atoms with E-state index in [1.165, 1.54) is 4.90 Å². The van der Waals surface area contributed by atoms with E-state index in [0.29, 0.717) is 31.2 Å². The first-order valence-electron chi connectivity index (χ1n) is 6.06. The molecule has 1 saturated heterocycles. The summed E-state index contributed by atoms with van der Waals surface area (Å²) in [4.78, 5) is 15.4. The number of carbonyl (C=O) groups excluding carboxylic acids is 1. The van der Waals surface area contributed by atoms with Gasteiger partial charge >= 0.3 is 0 Å². The minimum Gasteiger partial charge on any atom is -0.368 e. The smallest absolute Gasteiger partial charge is 0.241 e. The molecule has 0 bridgehead atoms. The fraction of sp³-hybridized carbons (Fsp3) is 0.417. The highest BCUT2D eigenvalue weighted by Crippen LogP contribution is 2.19. The Kier molecular flexibility index (Phi) is 4.78. The fourth-order valence-corrected chi connectivity index (χ4v) is 2.99. The summed E-state index contributed by atoms with van der Waals surface area (Å²) in [5, 5.41) is 0.676. The molecular formula is C12H14Cl2N2O3S. The third kappa shape index (κ3) is 4.26. The van der Waals surface area contributed by atoms with Crippen molar-refractivity contribution in [2.24, 2.45) is 0 Å². The molecule has 1 aromatic rings. The van der Waals surface area contributed by atoms with E-state index in [1.54, 1.807) is 0 Å². The maximum atomic E-state index is 11.7. The minimum atomic E-state index is -3.79. The largest absolute Gasteiger partial charge is 0.368 e. The van der Waals surface area contributed by atoms with Crippen LogP contribution >= 0.6 is 22.3 Å². The van der Waals surface area contributed by atoms with E-state index in [-0.39, 0.29) is 0 Å². The molecule has 0 unspecified atom stereocenters. The van der Waals surface area contributed by atoms with Crippen molar-refractivity contribution in [2.75, 3.05) is 36.8 Å². The van der Waals surface area contributed by atoms with E-state index in [9.17, 15) is 13.2 Å². The Bertz CT molecular complexity index is 581. The molecule has 1 aromatic carbocycles. The Labute approximate surface area is 127 Å². The van der Waals surface area contributed by atoms with E-state index in [0.717, 1.165) is 5.69 Å². The van der Waals surface area contributed by atoms with Crippen LogP contribution in [0, 0.1) is 0 Å². The monoisotopic (exact) mass is 336 g/mol. The molecule has 0 aliphatic carbocycles. The van der Waals surface area contributed by atoms with Gasteiger partial charge in [-0.25, -0.2) is 8.42 Å². The van der Waals surface area contributed by atoms with Gasteiger partial charge in [-0.3, -0.25) is 4.79 Å². The van der Waals surface area contributed by atoms with Crippen LogP contribution < -0.4 is 4.90 Å². The van der Waals surface area contributed by atoms with Gasteiger partial charge in [0, 0.05) is 47.6 Å². The molecule has 0 N–H and O–H groups in total. The molecule has 1 aliphatic rings. The van der Waals surface area contributed by atoms with E-state index >= 15 is 0 Å². The van der Waals surface area contributed by atoms with Gasteiger partial charge in [0.2, 0.25) is 15.0 Å². The summed E-state index contributed by atoms with van der Waals surface area (Å²) in [6.07, 6.45) is 0. The summed E-state index contributed by atoms with van der Waals surface area (Å²) in [5.41, 5.74) is 1.03. The lowest BCUT2D eigenvalue weighted by Crippen LogP contribution is -2.50. The second-order valence-electron chi connectivity index (χ2n) is 4.53. The Morgan fingerprint density at radius 1 is 1.10 bits per heavy atom. The van der Waals surface area contributed by atoms with E-state index in [2.05, 4.69) is 4.90 Å². The number of anilines is 1. The lowest BCUT2D eigenvalue weighted by Gasteiger charge is -2.36. The maximum Gasteiger partial charge on any atom is 0.241 e. The standard InChI is InChI=1S/C12H14Cl2N2O3S/c13-10-1-3-11(4-2-10)15-5-7-16(8-6-15)12(17)9-20(14,18)19/h1-4H,5-9H2. The molecule has 0 radical (unpaired) electrons. The van der Waals surface area contributed by atoms with Crippen LogP contribution in [0.15, 0.2) is 24.3 Å². The third-order valence-electron chi connectivity index (χ3n) is 3.12. The van der Waals surface area contributed by atoms with E-state index in [4.69, 9.17) is 22.3 Å². The van der Waals surface area contributed by atoms with Crippen molar-refractivity contribution < 1.29 is 13.2 Å². The van der Waals surface area contributed by atoms with Gasteiger partial charge in [0.15, 0.2) is 0 Å². The predicted molar refractivity (Wildman–Crippen MR) is 79.9 cm³/mol. The van der Waals surface area contributed by atoms with Crippen molar-refractivity contribution in [1.82, 2.24) is 4.90 Å². The number of halogens is 2. The Morgan fingerprint density at radius 3 is 2.15 bits per heavy atom. The van der Waals surface area contributed by atoms with Crippen LogP contribution in [0.4, 0.5) is 5.69 Å². The van der Waals surface area contributed by atoms with Gasteiger partial charge in [0.25, 0.3) is 0 Å². The minimum absolute atomic E-state index is 0.448. The second kappa shape index (κ2) is 6.20. The van der Waals surface area contributed by atoms with Crippen LogP contribution in [0.25, 0.3) is 0 Å². The van der Waals surface area contributed by atoms with Crippen molar-refractivity contribution in [1.29, 1.82) is 0 Å². The molecule has 1 fully saturated rings. The number of hydrogen-bond acceptors (Lipinski definition) is 4. The van der Waals surface area contributed by atoms with Gasteiger partial charge in [-0.05, 0) is 24.3 Å². The topological polar surface area (TPSA) is 57.7 Å². The summed E-state index contributed by atoms with van der Waals surface area (Å²) in [6.45, 7) is 2.26. The number of hydrogen-bond donors (Lipinski definition) is 0. The van der Waals surface area contributed by atoms with Crippen molar-refractivity contribution in [2.45, 2.75) is 0 Å². The summed E-state index contributed by atoms with van der Waals surface area (Å²) >= 11 is 5.84. The average Bonchev–Trinajstić information content (AvgIpc) is 2.38. The zero-order valence-electron chi connectivity index (χ0n) is 10.6. The number of benzene rings is 1.